The number of hydrogen-bond acceptors (Lipinski definition) is 4. The normalized spacial score (nSPS) is 12.0. The molecule has 26 heavy (non-hydrogen) atoms. The molecular weight excluding hydrogens is 328 g/mol. The summed E-state index contributed by atoms with van der Waals surface area (Å²) in [6.45, 7) is 2.39. The molecule has 0 unspecified atom stereocenters. The number of rotatable bonds is 3. The van der Waals surface area contributed by atoms with Crippen LogP contribution in [0.25, 0.3) is 44.0 Å². The van der Waals surface area contributed by atoms with Crippen molar-refractivity contribution in [1.82, 2.24) is 9.55 Å². The highest BCUT2D eigenvalue weighted by Crippen LogP contribution is 2.38. The van der Waals surface area contributed by atoms with E-state index < -0.39 is 5.69 Å². The predicted molar refractivity (Wildman–Crippen MR) is 102 cm³/mol. The van der Waals surface area contributed by atoms with E-state index in [1.807, 2.05) is 49.4 Å². The lowest BCUT2D eigenvalue weighted by molar-refractivity contribution is 0.549. The lowest BCUT2D eigenvalue weighted by Crippen LogP contribution is -2.37. The molecule has 5 heteroatoms. The van der Waals surface area contributed by atoms with E-state index in [0.717, 1.165) is 39.8 Å². The highest BCUT2D eigenvalue weighted by Gasteiger charge is 2.22. The van der Waals surface area contributed by atoms with Crippen molar-refractivity contribution < 1.29 is 4.42 Å². The molecule has 3 aromatic carbocycles. The number of benzene rings is 3. The second-order valence-corrected chi connectivity index (χ2v) is 6.62. The summed E-state index contributed by atoms with van der Waals surface area (Å²) < 4.78 is 7.11. The third kappa shape index (κ3) is 1.94. The SMILES string of the molecule is CCCCn1c(=O)nc2oc3ccc4cccc5ccc(c-2c1=O)c3c45. The monoisotopic (exact) mass is 344 g/mol. The van der Waals surface area contributed by atoms with Gasteiger partial charge in [-0.15, -0.1) is 0 Å². The first-order valence-electron chi connectivity index (χ1n) is 8.80. The summed E-state index contributed by atoms with van der Waals surface area (Å²) in [5.41, 5.74) is 0.142. The Kier molecular flexibility index (Phi) is 3.13. The third-order valence-electron chi connectivity index (χ3n) is 5.05. The Morgan fingerprint density at radius 3 is 2.54 bits per heavy atom. The molecule has 5 nitrogen and oxygen atoms in total. The predicted octanol–water partition coefficient (Wildman–Crippen LogP) is 4.00. The molecular formula is C21H16N2O3. The average molecular weight is 344 g/mol. The number of hydrogen-bond donors (Lipinski definition) is 0. The summed E-state index contributed by atoms with van der Waals surface area (Å²) >= 11 is 0. The molecule has 0 N–H and O–H groups in total. The lowest BCUT2D eigenvalue weighted by Gasteiger charge is -2.14. The number of fused-ring (bicyclic) bond motifs is 2. The van der Waals surface area contributed by atoms with Crippen molar-refractivity contribution in [2.24, 2.45) is 0 Å². The van der Waals surface area contributed by atoms with Crippen LogP contribution in [0.3, 0.4) is 0 Å². The zero-order valence-corrected chi connectivity index (χ0v) is 14.3. The van der Waals surface area contributed by atoms with Crippen LogP contribution in [-0.4, -0.2) is 9.55 Å². The van der Waals surface area contributed by atoms with Crippen LogP contribution in [0.15, 0.2) is 56.5 Å². The Balaban J connectivity index is 2.01. The van der Waals surface area contributed by atoms with Gasteiger partial charge in [0.15, 0.2) is 0 Å². The van der Waals surface area contributed by atoms with E-state index in [9.17, 15) is 9.59 Å². The van der Waals surface area contributed by atoms with Gasteiger partial charge in [-0.1, -0.05) is 49.7 Å². The van der Waals surface area contributed by atoms with Gasteiger partial charge in [-0.25, -0.2) is 4.79 Å². The maximum Gasteiger partial charge on any atom is 0.353 e. The minimum absolute atomic E-state index is 0.110. The first-order valence-corrected chi connectivity index (χ1v) is 8.80. The van der Waals surface area contributed by atoms with Crippen LogP contribution in [0.4, 0.5) is 0 Å². The quantitative estimate of drug-likeness (QED) is 0.366. The Morgan fingerprint density at radius 1 is 1.00 bits per heavy atom. The van der Waals surface area contributed by atoms with Crippen molar-refractivity contribution in [3.63, 3.8) is 0 Å². The maximum absolute atomic E-state index is 13.1. The first kappa shape index (κ1) is 15.1. The van der Waals surface area contributed by atoms with E-state index in [1.54, 1.807) is 0 Å². The van der Waals surface area contributed by atoms with Crippen molar-refractivity contribution >= 4 is 32.5 Å². The fourth-order valence-corrected chi connectivity index (χ4v) is 3.78. The molecule has 0 atom stereocenters. The number of aromatic nitrogens is 2. The molecule has 0 aliphatic carbocycles. The van der Waals surface area contributed by atoms with Gasteiger partial charge in [0.05, 0.1) is 0 Å². The van der Waals surface area contributed by atoms with Gasteiger partial charge in [0.2, 0.25) is 5.89 Å². The molecule has 0 aromatic heterocycles. The summed E-state index contributed by atoms with van der Waals surface area (Å²) in [5.74, 6) is 0.110. The molecule has 0 saturated carbocycles. The molecule has 0 spiro atoms. The Morgan fingerprint density at radius 2 is 1.77 bits per heavy atom. The molecule has 128 valence electrons. The Bertz CT molecular complexity index is 1350. The van der Waals surface area contributed by atoms with Crippen LogP contribution in [-0.2, 0) is 6.54 Å². The Hall–Kier alpha value is -3.21. The fourth-order valence-electron chi connectivity index (χ4n) is 3.78. The minimum Gasteiger partial charge on any atom is -0.437 e. The van der Waals surface area contributed by atoms with Gasteiger partial charge in [-0.3, -0.25) is 9.36 Å². The van der Waals surface area contributed by atoms with E-state index in [2.05, 4.69) is 4.98 Å². The van der Waals surface area contributed by atoms with Crippen LogP contribution < -0.4 is 11.2 Å². The van der Waals surface area contributed by atoms with E-state index in [4.69, 9.17) is 4.42 Å². The van der Waals surface area contributed by atoms with E-state index in [1.165, 1.54) is 4.57 Å². The van der Waals surface area contributed by atoms with E-state index >= 15 is 0 Å². The molecule has 2 aliphatic heterocycles. The van der Waals surface area contributed by atoms with Gasteiger partial charge in [-0.2, -0.15) is 4.98 Å². The van der Waals surface area contributed by atoms with Crippen molar-refractivity contribution in [2.45, 2.75) is 26.3 Å². The van der Waals surface area contributed by atoms with Crippen molar-refractivity contribution in [2.75, 3.05) is 0 Å². The zero-order chi connectivity index (χ0) is 17.8. The largest absolute Gasteiger partial charge is 0.437 e. The summed E-state index contributed by atoms with van der Waals surface area (Å²) in [6.07, 6.45) is 1.65. The van der Waals surface area contributed by atoms with Crippen LogP contribution in [0.5, 0.6) is 0 Å². The smallest absolute Gasteiger partial charge is 0.353 e. The molecule has 2 aliphatic rings. The van der Waals surface area contributed by atoms with Crippen LogP contribution in [0.2, 0.25) is 0 Å². The standard InChI is InChI=1S/C21H16N2O3/c1-2-3-11-23-20(24)18-14-9-7-12-5-4-6-13-8-10-15(17(14)16(12)13)26-19(18)22-21(23)25/h4-10H,2-3,11H2,1H3. The van der Waals surface area contributed by atoms with Gasteiger partial charge >= 0.3 is 5.69 Å². The molecule has 0 radical (unpaired) electrons. The molecule has 5 rings (SSSR count). The average Bonchev–Trinajstić information content (AvgIpc) is 2.65. The van der Waals surface area contributed by atoms with Crippen LogP contribution in [0.1, 0.15) is 19.8 Å². The van der Waals surface area contributed by atoms with Gasteiger partial charge < -0.3 is 4.42 Å². The van der Waals surface area contributed by atoms with Gasteiger partial charge in [-0.05, 0) is 23.3 Å². The number of unbranched alkanes of at least 4 members (excludes halogenated alkanes) is 1. The zero-order valence-electron chi connectivity index (χ0n) is 14.3. The first-order chi connectivity index (χ1) is 12.7. The van der Waals surface area contributed by atoms with Crippen molar-refractivity contribution in [3.05, 3.63) is 63.3 Å². The van der Waals surface area contributed by atoms with Crippen LogP contribution >= 0.6 is 0 Å². The summed E-state index contributed by atoms with van der Waals surface area (Å²) in [5, 5.41) is 4.95. The van der Waals surface area contributed by atoms with E-state index in [-0.39, 0.29) is 11.4 Å². The molecule has 0 fully saturated rings. The second kappa shape index (κ2) is 5.39. The summed E-state index contributed by atoms with van der Waals surface area (Å²) in [7, 11) is 0. The molecule has 3 aromatic rings. The van der Waals surface area contributed by atoms with Gasteiger partial charge in [0.1, 0.15) is 11.1 Å². The van der Waals surface area contributed by atoms with E-state index in [0.29, 0.717) is 17.7 Å². The molecule has 0 bridgehead atoms. The molecule has 2 heterocycles. The highest BCUT2D eigenvalue weighted by atomic mass is 16.3. The van der Waals surface area contributed by atoms with Crippen molar-refractivity contribution in [1.29, 1.82) is 0 Å². The molecule has 0 amide bonds. The second-order valence-electron chi connectivity index (χ2n) is 6.62. The van der Waals surface area contributed by atoms with Gasteiger partial charge in [0.25, 0.3) is 5.56 Å². The van der Waals surface area contributed by atoms with Gasteiger partial charge in [0, 0.05) is 22.7 Å². The lowest BCUT2D eigenvalue weighted by atomic mass is 9.95. The van der Waals surface area contributed by atoms with Crippen molar-refractivity contribution in [3.8, 4) is 11.5 Å². The highest BCUT2D eigenvalue weighted by molar-refractivity contribution is 6.24. The topological polar surface area (TPSA) is 65.1 Å². The molecule has 0 saturated heterocycles. The maximum atomic E-state index is 13.1. The Labute approximate surface area is 148 Å². The minimum atomic E-state index is -0.549. The number of nitrogens with zero attached hydrogens (tertiary/aromatic N) is 2. The third-order valence-corrected chi connectivity index (χ3v) is 5.05. The fraction of sp³-hybridized carbons (Fsp3) is 0.190. The van der Waals surface area contributed by atoms with Crippen LogP contribution in [0, 0.1) is 0 Å². The summed E-state index contributed by atoms with van der Waals surface area (Å²) in [6, 6.07) is 13.9. The summed E-state index contributed by atoms with van der Waals surface area (Å²) in [4.78, 5) is 29.4.